The lowest BCUT2D eigenvalue weighted by atomic mass is 10.1. The van der Waals surface area contributed by atoms with Crippen LogP contribution in [0.1, 0.15) is 29.6 Å². The first kappa shape index (κ1) is 13.5. The van der Waals surface area contributed by atoms with E-state index in [9.17, 15) is 9.59 Å². The summed E-state index contributed by atoms with van der Waals surface area (Å²) >= 11 is 1.65. The molecule has 100 valence electrons. The second-order valence-corrected chi connectivity index (χ2v) is 5.23. The molecular formula is C14H15NO3S. The molecule has 0 aliphatic heterocycles. The molecule has 0 aliphatic carbocycles. The Labute approximate surface area is 115 Å². The number of hydrogen-bond acceptors (Lipinski definition) is 3. The molecule has 0 saturated heterocycles. The van der Waals surface area contributed by atoms with Gasteiger partial charge in [0.2, 0.25) is 0 Å². The van der Waals surface area contributed by atoms with Gasteiger partial charge in [-0.3, -0.25) is 9.59 Å². The maximum absolute atomic E-state index is 11.9. The average molecular weight is 277 g/mol. The number of fused-ring (bicyclic) bond motifs is 1. The number of carbonyl (C=O) groups is 2. The normalized spacial score (nSPS) is 10.5. The van der Waals surface area contributed by atoms with E-state index < -0.39 is 5.97 Å². The van der Waals surface area contributed by atoms with Crippen LogP contribution in [0.15, 0.2) is 29.6 Å². The molecule has 0 atom stereocenters. The summed E-state index contributed by atoms with van der Waals surface area (Å²) in [6, 6.07) is 7.62. The van der Waals surface area contributed by atoms with E-state index in [0.29, 0.717) is 24.9 Å². The number of carboxylic acid groups (broad SMARTS) is 1. The van der Waals surface area contributed by atoms with Gasteiger partial charge >= 0.3 is 5.97 Å². The Kier molecular flexibility index (Phi) is 4.52. The average Bonchev–Trinajstić information content (AvgIpc) is 2.84. The molecule has 2 aromatic rings. The predicted molar refractivity (Wildman–Crippen MR) is 75.6 cm³/mol. The SMILES string of the molecule is O=C(O)CCCCNC(=O)c1ccc2sccc2c1. The number of carbonyl (C=O) groups excluding carboxylic acids is 1. The smallest absolute Gasteiger partial charge is 0.303 e. The van der Waals surface area contributed by atoms with Gasteiger partial charge in [0, 0.05) is 23.2 Å². The molecule has 0 radical (unpaired) electrons. The van der Waals surface area contributed by atoms with Crippen molar-refractivity contribution >= 4 is 33.3 Å². The molecule has 5 heteroatoms. The van der Waals surface area contributed by atoms with Gasteiger partial charge in [-0.05, 0) is 47.9 Å². The number of unbranched alkanes of at least 4 members (excludes halogenated alkanes) is 1. The van der Waals surface area contributed by atoms with Crippen molar-refractivity contribution in [2.75, 3.05) is 6.54 Å². The topological polar surface area (TPSA) is 66.4 Å². The highest BCUT2D eigenvalue weighted by atomic mass is 32.1. The van der Waals surface area contributed by atoms with Crippen molar-refractivity contribution in [1.29, 1.82) is 0 Å². The van der Waals surface area contributed by atoms with Gasteiger partial charge in [-0.2, -0.15) is 0 Å². The number of thiophene rings is 1. The fourth-order valence-corrected chi connectivity index (χ4v) is 2.58. The quantitative estimate of drug-likeness (QED) is 0.798. The van der Waals surface area contributed by atoms with Crippen LogP contribution in [0.4, 0.5) is 0 Å². The molecule has 2 rings (SSSR count). The van der Waals surface area contributed by atoms with E-state index >= 15 is 0 Å². The van der Waals surface area contributed by atoms with Gasteiger partial charge in [-0.15, -0.1) is 11.3 Å². The van der Waals surface area contributed by atoms with Crippen LogP contribution in [-0.4, -0.2) is 23.5 Å². The fraction of sp³-hybridized carbons (Fsp3) is 0.286. The number of rotatable bonds is 6. The minimum absolute atomic E-state index is 0.108. The molecule has 0 spiro atoms. The van der Waals surface area contributed by atoms with E-state index in [-0.39, 0.29) is 12.3 Å². The number of hydrogen-bond donors (Lipinski definition) is 2. The fourth-order valence-electron chi connectivity index (χ4n) is 1.81. The molecule has 19 heavy (non-hydrogen) atoms. The highest BCUT2D eigenvalue weighted by Crippen LogP contribution is 2.21. The van der Waals surface area contributed by atoms with Crippen LogP contribution in [0, 0.1) is 0 Å². The number of nitrogens with one attached hydrogen (secondary N) is 1. The van der Waals surface area contributed by atoms with Crippen LogP contribution >= 0.6 is 11.3 Å². The van der Waals surface area contributed by atoms with Crippen LogP contribution in [0.3, 0.4) is 0 Å². The summed E-state index contributed by atoms with van der Waals surface area (Å²) in [5.74, 6) is -0.905. The van der Waals surface area contributed by atoms with Gasteiger partial charge in [0.1, 0.15) is 0 Å². The zero-order valence-electron chi connectivity index (χ0n) is 10.4. The lowest BCUT2D eigenvalue weighted by molar-refractivity contribution is -0.137. The Balaban J connectivity index is 1.84. The molecule has 1 aromatic heterocycles. The number of carboxylic acids is 1. The number of amides is 1. The van der Waals surface area contributed by atoms with Crippen LogP contribution in [-0.2, 0) is 4.79 Å². The molecule has 0 aliphatic rings. The monoisotopic (exact) mass is 277 g/mol. The third-order valence-corrected chi connectivity index (χ3v) is 3.72. The second kappa shape index (κ2) is 6.33. The van der Waals surface area contributed by atoms with Crippen molar-refractivity contribution in [2.45, 2.75) is 19.3 Å². The molecule has 1 aromatic carbocycles. The molecule has 4 nitrogen and oxygen atoms in total. The number of aliphatic carboxylic acids is 1. The Hall–Kier alpha value is -1.88. The molecular weight excluding hydrogens is 262 g/mol. The summed E-state index contributed by atoms with van der Waals surface area (Å²) < 4.78 is 1.16. The van der Waals surface area contributed by atoms with E-state index in [1.54, 1.807) is 11.3 Å². The molecule has 0 saturated carbocycles. The summed E-state index contributed by atoms with van der Waals surface area (Å²) in [4.78, 5) is 22.2. The van der Waals surface area contributed by atoms with Crippen molar-refractivity contribution in [1.82, 2.24) is 5.32 Å². The summed E-state index contributed by atoms with van der Waals surface area (Å²) in [7, 11) is 0. The largest absolute Gasteiger partial charge is 0.481 e. The molecule has 1 heterocycles. The second-order valence-electron chi connectivity index (χ2n) is 4.28. The minimum Gasteiger partial charge on any atom is -0.481 e. The summed E-state index contributed by atoms with van der Waals surface area (Å²) in [6.07, 6.45) is 1.41. The Morgan fingerprint density at radius 3 is 2.84 bits per heavy atom. The van der Waals surface area contributed by atoms with Gasteiger partial charge in [-0.25, -0.2) is 0 Å². The molecule has 2 N–H and O–H groups in total. The maximum Gasteiger partial charge on any atom is 0.303 e. The summed E-state index contributed by atoms with van der Waals surface area (Å²) in [6.45, 7) is 0.508. The first-order valence-electron chi connectivity index (χ1n) is 6.14. The van der Waals surface area contributed by atoms with Gasteiger partial charge in [0.05, 0.1) is 0 Å². The molecule has 0 unspecified atom stereocenters. The van der Waals surface area contributed by atoms with Crippen molar-refractivity contribution in [3.63, 3.8) is 0 Å². The zero-order chi connectivity index (χ0) is 13.7. The van der Waals surface area contributed by atoms with E-state index in [2.05, 4.69) is 5.32 Å². The van der Waals surface area contributed by atoms with E-state index in [4.69, 9.17) is 5.11 Å². The Morgan fingerprint density at radius 2 is 2.05 bits per heavy atom. The van der Waals surface area contributed by atoms with Crippen molar-refractivity contribution < 1.29 is 14.7 Å². The van der Waals surface area contributed by atoms with Crippen molar-refractivity contribution in [3.05, 3.63) is 35.2 Å². The van der Waals surface area contributed by atoms with E-state index in [1.165, 1.54) is 0 Å². The van der Waals surface area contributed by atoms with Crippen molar-refractivity contribution in [3.8, 4) is 0 Å². The van der Waals surface area contributed by atoms with Gasteiger partial charge in [0.25, 0.3) is 5.91 Å². The number of benzene rings is 1. The molecule has 0 bridgehead atoms. The molecule has 0 fully saturated rings. The minimum atomic E-state index is -0.797. The van der Waals surface area contributed by atoms with Gasteiger partial charge in [-0.1, -0.05) is 0 Å². The zero-order valence-corrected chi connectivity index (χ0v) is 11.2. The predicted octanol–water partition coefficient (Wildman–Crippen LogP) is 2.89. The maximum atomic E-state index is 11.9. The summed E-state index contributed by atoms with van der Waals surface area (Å²) in [5.41, 5.74) is 0.643. The highest BCUT2D eigenvalue weighted by Gasteiger charge is 2.06. The van der Waals surface area contributed by atoms with E-state index in [1.807, 2.05) is 29.6 Å². The Morgan fingerprint density at radius 1 is 1.21 bits per heavy atom. The van der Waals surface area contributed by atoms with Crippen LogP contribution in [0.5, 0.6) is 0 Å². The third-order valence-electron chi connectivity index (χ3n) is 2.82. The first-order chi connectivity index (χ1) is 9.16. The third kappa shape index (κ3) is 3.79. The highest BCUT2D eigenvalue weighted by molar-refractivity contribution is 7.17. The Bertz CT molecular complexity index is 591. The van der Waals surface area contributed by atoms with E-state index in [0.717, 1.165) is 10.1 Å². The lowest BCUT2D eigenvalue weighted by Gasteiger charge is -2.04. The first-order valence-corrected chi connectivity index (χ1v) is 7.02. The summed E-state index contributed by atoms with van der Waals surface area (Å²) in [5, 5.41) is 14.4. The van der Waals surface area contributed by atoms with Crippen LogP contribution in [0.2, 0.25) is 0 Å². The van der Waals surface area contributed by atoms with Crippen molar-refractivity contribution in [2.24, 2.45) is 0 Å². The standard InChI is InChI=1S/C14H15NO3S/c16-13(17)3-1-2-7-15-14(18)11-4-5-12-10(9-11)6-8-19-12/h4-6,8-9H,1-3,7H2,(H,15,18)(H,16,17). The van der Waals surface area contributed by atoms with Gasteiger partial charge in [0.15, 0.2) is 0 Å². The van der Waals surface area contributed by atoms with Crippen LogP contribution < -0.4 is 5.32 Å². The van der Waals surface area contributed by atoms with Crippen LogP contribution in [0.25, 0.3) is 10.1 Å². The lowest BCUT2D eigenvalue weighted by Crippen LogP contribution is -2.24. The van der Waals surface area contributed by atoms with Gasteiger partial charge < -0.3 is 10.4 Å². The molecule has 1 amide bonds.